The van der Waals surface area contributed by atoms with E-state index in [1.165, 1.54) is 0 Å². The molecule has 3 aromatic rings. The number of H-pyrrole nitrogens is 1. The second kappa shape index (κ2) is 9.17. The summed E-state index contributed by atoms with van der Waals surface area (Å²) in [4.78, 5) is 30.7. The first-order valence-corrected chi connectivity index (χ1v) is 11.5. The van der Waals surface area contributed by atoms with Crippen molar-refractivity contribution in [3.05, 3.63) is 59.8 Å². The molecule has 1 fully saturated rings. The van der Waals surface area contributed by atoms with Crippen molar-refractivity contribution in [1.82, 2.24) is 9.88 Å². The lowest BCUT2D eigenvalue weighted by molar-refractivity contribution is -0.151. The largest absolute Gasteiger partial charge is 0.466 e. The Kier molecular flexibility index (Phi) is 5.94. The molecule has 172 valence electrons. The van der Waals surface area contributed by atoms with Crippen molar-refractivity contribution in [2.45, 2.75) is 32.1 Å². The summed E-state index contributed by atoms with van der Waals surface area (Å²) in [7, 11) is 0. The molecule has 0 saturated carbocycles. The van der Waals surface area contributed by atoms with Gasteiger partial charge in [0.25, 0.3) is 0 Å². The SMILES string of the molecule is CCOC(=O)C1CCN(C(=O)C[C@H](c2ccc3c(c2)OCO3)c2c[nH]c3ccccc23)CC1. The zero-order valence-electron chi connectivity index (χ0n) is 18.7. The highest BCUT2D eigenvalue weighted by molar-refractivity contribution is 5.86. The van der Waals surface area contributed by atoms with Gasteiger partial charge in [-0.2, -0.15) is 0 Å². The summed E-state index contributed by atoms with van der Waals surface area (Å²) in [5, 5.41) is 1.11. The van der Waals surface area contributed by atoms with Crippen molar-refractivity contribution in [3.63, 3.8) is 0 Å². The van der Waals surface area contributed by atoms with E-state index in [9.17, 15) is 9.59 Å². The van der Waals surface area contributed by atoms with E-state index in [1.54, 1.807) is 0 Å². The number of aromatic nitrogens is 1. The van der Waals surface area contributed by atoms with Gasteiger partial charge in [-0.05, 0) is 49.1 Å². The number of aromatic amines is 1. The van der Waals surface area contributed by atoms with Crippen molar-refractivity contribution in [2.24, 2.45) is 5.92 Å². The van der Waals surface area contributed by atoms with Crippen LogP contribution in [0.3, 0.4) is 0 Å². The topological polar surface area (TPSA) is 80.9 Å². The Balaban J connectivity index is 1.39. The maximum absolute atomic E-state index is 13.4. The first-order chi connectivity index (χ1) is 16.1. The van der Waals surface area contributed by atoms with Crippen LogP contribution in [-0.2, 0) is 14.3 Å². The zero-order valence-corrected chi connectivity index (χ0v) is 18.7. The molecule has 1 amide bonds. The number of hydrogen-bond acceptors (Lipinski definition) is 5. The highest BCUT2D eigenvalue weighted by Gasteiger charge is 2.31. The predicted octanol–water partition coefficient (Wildman–Crippen LogP) is 4.22. The number of nitrogens with zero attached hydrogens (tertiary/aromatic N) is 1. The van der Waals surface area contributed by atoms with Crippen LogP contribution in [0, 0.1) is 5.92 Å². The minimum absolute atomic E-state index is 0.0882. The summed E-state index contributed by atoms with van der Waals surface area (Å²) in [5.74, 6) is 1.12. The lowest BCUT2D eigenvalue weighted by Crippen LogP contribution is -2.41. The summed E-state index contributed by atoms with van der Waals surface area (Å²) in [6.45, 7) is 3.57. The second-order valence-corrected chi connectivity index (χ2v) is 8.57. The molecule has 2 aliphatic heterocycles. The average molecular weight is 449 g/mol. The van der Waals surface area contributed by atoms with Crippen molar-refractivity contribution in [3.8, 4) is 11.5 Å². The molecule has 0 aliphatic carbocycles. The Bertz CT molecular complexity index is 1160. The lowest BCUT2D eigenvalue weighted by Gasteiger charge is -2.32. The molecule has 3 heterocycles. The fraction of sp³-hybridized carbons (Fsp3) is 0.385. The van der Waals surface area contributed by atoms with Crippen LogP contribution >= 0.6 is 0 Å². The van der Waals surface area contributed by atoms with Crippen LogP contribution in [0.25, 0.3) is 10.9 Å². The van der Waals surface area contributed by atoms with E-state index >= 15 is 0 Å². The summed E-state index contributed by atoms with van der Waals surface area (Å²) in [5.41, 5.74) is 3.14. The molecule has 1 saturated heterocycles. The number of likely N-dealkylation sites (tertiary alicyclic amines) is 1. The molecule has 0 spiro atoms. The number of amides is 1. The summed E-state index contributed by atoms with van der Waals surface area (Å²) in [6, 6.07) is 14.0. The monoisotopic (exact) mass is 448 g/mol. The van der Waals surface area contributed by atoms with Crippen LogP contribution in [0.2, 0.25) is 0 Å². The number of carbonyl (C=O) groups is 2. The van der Waals surface area contributed by atoms with Crippen LogP contribution in [0.4, 0.5) is 0 Å². The molecule has 7 heteroatoms. The first-order valence-electron chi connectivity index (χ1n) is 11.5. The van der Waals surface area contributed by atoms with Gasteiger partial charge in [0.15, 0.2) is 11.5 Å². The number of piperidine rings is 1. The van der Waals surface area contributed by atoms with E-state index in [4.69, 9.17) is 14.2 Å². The number of hydrogen-bond donors (Lipinski definition) is 1. The standard InChI is InChI=1S/C26H28N2O5/c1-2-31-26(30)17-9-11-28(12-10-17)25(29)14-20(18-7-8-23-24(13-18)33-16-32-23)21-15-27-22-6-4-3-5-19(21)22/h3-8,13,15,17,20,27H,2,9-12,14,16H2,1H3/t20-/m1/s1. The molecule has 2 aliphatic rings. The van der Waals surface area contributed by atoms with Gasteiger partial charge in [-0.15, -0.1) is 0 Å². The normalized spacial score (nSPS) is 16.7. The maximum atomic E-state index is 13.4. The highest BCUT2D eigenvalue weighted by Crippen LogP contribution is 2.40. The van der Waals surface area contributed by atoms with Gasteiger partial charge < -0.3 is 24.1 Å². The molecule has 7 nitrogen and oxygen atoms in total. The molecule has 2 aromatic carbocycles. The van der Waals surface area contributed by atoms with Gasteiger partial charge in [-0.3, -0.25) is 9.59 Å². The number of carbonyl (C=O) groups excluding carboxylic acids is 2. The number of nitrogens with one attached hydrogen (secondary N) is 1. The number of para-hydroxylation sites is 1. The van der Waals surface area contributed by atoms with Crippen LogP contribution in [0.15, 0.2) is 48.7 Å². The zero-order chi connectivity index (χ0) is 22.8. The van der Waals surface area contributed by atoms with Crippen LogP contribution < -0.4 is 9.47 Å². The van der Waals surface area contributed by atoms with E-state index in [0.717, 1.165) is 27.8 Å². The molecule has 0 bridgehead atoms. The number of esters is 1. The number of fused-ring (bicyclic) bond motifs is 2. The van der Waals surface area contributed by atoms with Crippen LogP contribution in [0.1, 0.15) is 43.2 Å². The predicted molar refractivity (Wildman–Crippen MR) is 123 cm³/mol. The van der Waals surface area contributed by atoms with Gasteiger partial charge in [0, 0.05) is 42.5 Å². The Labute approximate surface area is 192 Å². The number of ether oxygens (including phenoxy) is 3. The molecule has 0 radical (unpaired) electrons. The quantitative estimate of drug-likeness (QED) is 0.571. The fourth-order valence-electron chi connectivity index (χ4n) is 4.85. The van der Waals surface area contributed by atoms with E-state index in [1.807, 2.05) is 54.4 Å². The van der Waals surface area contributed by atoms with Crippen molar-refractivity contribution < 1.29 is 23.8 Å². The molecule has 1 atom stereocenters. The van der Waals surface area contributed by atoms with Crippen molar-refractivity contribution in [2.75, 3.05) is 26.5 Å². The first kappa shape index (κ1) is 21.4. The summed E-state index contributed by atoms with van der Waals surface area (Å²) >= 11 is 0. The minimum atomic E-state index is -0.151. The van der Waals surface area contributed by atoms with Gasteiger partial charge >= 0.3 is 5.97 Å². The molecule has 0 unspecified atom stereocenters. The van der Waals surface area contributed by atoms with Gasteiger partial charge in [0.05, 0.1) is 12.5 Å². The van der Waals surface area contributed by atoms with E-state index in [-0.39, 0.29) is 30.5 Å². The van der Waals surface area contributed by atoms with Crippen LogP contribution in [0.5, 0.6) is 11.5 Å². The van der Waals surface area contributed by atoms with Crippen molar-refractivity contribution >= 4 is 22.8 Å². The van der Waals surface area contributed by atoms with E-state index in [0.29, 0.717) is 44.7 Å². The Hall–Kier alpha value is -3.48. The Morgan fingerprint density at radius 2 is 1.91 bits per heavy atom. The van der Waals surface area contributed by atoms with Gasteiger partial charge in [0.2, 0.25) is 12.7 Å². The molecular formula is C26H28N2O5. The third-order valence-electron chi connectivity index (χ3n) is 6.64. The number of benzene rings is 2. The Morgan fingerprint density at radius 3 is 2.73 bits per heavy atom. The van der Waals surface area contributed by atoms with Gasteiger partial charge in [-0.1, -0.05) is 24.3 Å². The molecule has 5 rings (SSSR count). The van der Waals surface area contributed by atoms with Crippen molar-refractivity contribution in [1.29, 1.82) is 0 Å². The molecule has 1 aromatic heterocycles. The lowest BCUT2D eigenvalue weighted by atomic mass is 9.87. The second-order valence-electron chi connectivity index (χ2n) is 8.57. The Morgan fingerprint density at radius 1 is 1.12 bits per heavy atom. The van der Waals surface area contributed by atoms with Gasteiger partial charge in [-0.25, -0.2) is 0 Å². The number of rotatable bonds is 6. The molecule has 1 N–H and O–H groups in total. The van der Waals surface area contributed by atoms with E-state index < -0.39 is 0 Å². The maximum Gasteiger partial charge on any atom is 0.309 e. The molecule has 33 heavy (non-hydrogen) atoms. The smallest absolute Gasteiger partial charge is 0.309 e. The fourth-order valence-corrected chi connectivity index (χ4v) is 4.85. The molecular weight excluding hydrogens is 420 g/mol. The van der Waals surface area contributed by atoms with Gasteiger partial charge in [0.1, 0.15) is 0 Å². The summed E-state index contributed by atoms with van der Waals surface area (Å²) in [6.07, 6.45) is 3.63. The highest BCUT2D eigenvalue weighted by atomic mass is 16.7. The summed E-state index contributed by atoms with van der Waals surface area (Å²) < 4.78 is 16.2. The third-order valence-corrected chi connectivity index (χ3v) is 6.64. The van der Waals surface area contributed by atoms with Crippen LogP contribution in [-0.4, -0.2) is 48.2 Å². The third kappa shape index (κ3) is 4.27. The van der Waals surface area contributed by atoms with E-state index in [2.05, 4.69) is 11.1 Å². The average Bonchev–Trinajstić information content (AvgIpc) is 3.49. The minimum Gasteiger partial charge on any atom is -0.466 e.